The predicted molar refractivity (Wildman–Crippen MR) is 73.7 cm³/mol. The van der Waals surface area contributed by atoms with E-state index in [-0.39, 0.29) is 5.82 Å². The monoisotopic (exact) mass is 257 g/mol. The second kappa shape index (κ2) is 4.67. The van der Waals surface area contributed by atoms with Crippen LogP contribution in [0.5, 0.6) is 5.75 Å². The Kier molecular flexibility index (Phi) is 2.99. The van der Waals surface area contributed by atoms with E-state index in [4.69, 9.17) is 10.5 Å². The molecule has 0 saturated heterocycles. The fourth-order valence-corrected chi connectivity index (χ4v) is 2.48. The molecule has 1 heterocycles. The van der Waals surface area contributed by atoms with Gasteiger partial charge in [-0.15, -0.1) is 0 Å². The smallest absolute Gasteiger partial charge is 0.127 e. The molecular formula is C16H16FNO. The molecule has 0 unspecified atom stereocenters. The van der Waals surface area contributed by atoms with Gasteiger partial charge < -0.3 is 10.5 Å². The van der Waals surface area contributed by atoms with Gasteiger partial charge >= 0.3 is 0 Å². The highest BCUT2D eigenvalue weighted by Gasteiger charge is 2.17. The van der Waals surface area contributed by atoms with Crippen LogP contribution in [0.25, 0.3) is 11.1 Å². The number of aryl methyl sites for hydroxylation is 1. The van der Waals surface area contributed by atoms with Crippen molar-refractivity contribution in [1.82, 2.24) is 0 Å². The molecule has 2 N–H and O–H groups in total. The summed E-state index contributed by atoms with van der Waals surface area (Å²) in [7, 11) is 0. The largest absolute Gasteiger partial charge is 0.493 e. The summed E-state index contributed by atoms with van der Waals surface area (Å²) in [5.41, 5.74) is 10.5. The first-order chi connectivity index (χ1) is 9.19. The molecule has 0 fully saturated rings. The van der Waals surface area contributed by atoms with Crippen LogP contribution in [0.2, 0.25) is 0 Å². The molecule has 0 amide bonds. The fourth-order valence-electron chi connectivity index (χ4n) is 2.48. The molecule has 0 saturated carbocycles. The van der Waals surface area contributed by atoms with E-state index in [0.717, 1.165) is 28.9 Å². The van der Waals surface area contributed by atoms with Gasteiger partial charge in [-0.1, -0.05) is 12.1 Å². The van der Waals surface area contributed by atoms with Gasteiger partial charge in [-0.05, 0) is 47.4 Å². The Balaban J connectivity index is 2.12. The third-order valence-electron chi connectivity index (χ3n) is 3.59. The highest BCUT2D eigenvalue weighted by Crippen LogP contribution is 2.34. The number of hydrogen-bond acceptors (Lipinski definition) is 2. The number of halogens is 1. The second-order valence-corrected chi connectivity index (χ2v) is 4.89. The molecule has 1 aliphatic rings. The minimum Gasteiger partial charge on any atom is -0.493 e. The molecule has 0 atom stereocenters. The van der Waals surface area contributed by atoms with Gasteiger partial charge in [0.1, 0.15) is 11.6 Å². The lowest BCUT2D eigenvalue weighted by molar-refractivity contribution is 0.353. The number of benzene rings is 2. The van der Waals surface area contributed by atoms with Crippen LogP contribution in [0.4, 0.5) is 4.39 Å². The van der Waals surface area contributed by atoms with Gasteiger partial charge in [0.25, 0.3) is 0 Å². The third kappa shape index (κ3) is 2.10. The standard InChI is InChI=1S/C16H16FNO/c1-10-2-3-11(8-15(10)17)13-6-12-4-5-19-16(12)14(7-13)9-18/h2-3,6-8H,4-5,9,18H2,1H3. The van der Waals surface area contributed by atoms with Crippen LogP contribution in [-0.2, 0) is 13.0 Å². The Bertz CT molecular complexity index is 637. The van der Waals surface area contributed by atoms with Gasteiger partial charge in [0, 0.05) is 18.5 Å². The van der Waals surface area contributed by atoms with Crippen molar-refractivity contribution >= 4 is 0 Å². The summed E-state index contributed by atoms with van der Waals surface area (Å²) in [6, 6.07) is 9.39. The molecule has 3 rings (SSSR count). The van der Waals surface area contributed by atoms with Crippen molar-refractivity contribution in [2.75, 3.05) is 6.61 Å². The van der Waals surface area contributed by atoms with Gasteiger partial charge in [-0.3, -0.25) is 0 Å². The maximum absolute atomic E-state index is 13.7. The summed E-state index contributed by atoms with van der Waals surface area (Å²) in [6.45, 7) is 2.90. The van der Waals surface area contributed by atoms with Crippen molar-refractivity contribution in [3.05, 3.63) is 52.8 Å². The van der Waals surface area contributed by atoms with Crippen molar-refractivity contribution in [2.24, 2.45) is 5.73 Å². The van der Waals surface area contributed by atoms with E-state index >= 15 is 0 Å². The molecule has 2 nitrogen and oxygen atoms in total. The summed E-state index contributed by atoms with van der Waals surface area (Å²) in [4.78, 5) is 0. The fraction of sp³-hybridized carbons (Fsp3) is 0.250. The average Bonchev–Trinajstić information content (AvgIpc) is 2.89. The van der Waals surface area contributed by atoms with E-state index in [0.29, 0.717) is 18.7 Å². The minimum atomic E-state index is -0.177. The first-order valence-corrected chi connectivity index (χ1v) is 6.44. The Morgan fingerprint density at radius 3 is 2.79 bits per heavy atom. The van der Waals surface area contributed by atoms with E-state index in [2.05, 4.69) is 6.07 Å². The summed E-state index contributed by atoms with van der Waals surface area (Å²) < 4.78 is 19.3. The van der Waals surface area contributed by atoms with Gasteiger partial charge in [-0.25, -0.2) is 4.39 Å². The Morgan fingerprint density at radius 1 is 1.21 bits per heavy atom. The van der Waals surface area contributed by atoms with Crippen LogP contribution in [-0.4, -0.2) is 6.61 Å². The number of rotatable bonds is 2. The molecule has 0 radical (unpaired) electrons. The lowest BCUT2D eigenvalue weighted by Crippen LogP contribution is -2.00. The van der Waals surface area contributed by atoms with Crippen LogP contribution >= 0.6 is 0 Å². The van der Waals surface area contributed by atoms with Crippen LogP contribution < -0.4 is 10.5 Å². The highest BCUT2D eigenvalue weighted by atomic mass is 19.1. The Morgan fingerprint density at radius 2 is 2.05 bits per heavy atom. The van der Waals surface area contributed by atoms with E-state index in [1.807, 2.05) is 12.1 Å². The highest BCUT2D eigenvalue weighted by molar-refractivity contribution is 5.68. The maximum Gasteiger partial charge on any atom is 0.127 e. The van der Waals surface area contributed by atoms with Gasteiger partial charge in [-0.2, -0.15) is 0 Å². The number of fused-ring (bicyclic) bond motifs is 1. The molecule has 1 aliphatic heterocycles. The molecule has 19 heavy (non-hydrogen) atoms. The lowest BCUT2D eigenvalue weighted by atomic mass is 9.97. The molecule has 0 aliphatic carbocycles. The van der Waals surface area contributed by atoms with Crippen molar-refractivity contribution in [1.29, 1.82) is 0 Å². The van der Waals surface area contributed by atoms with Crippen molar-refractivity contribution in [3.63, 3.8) is 0 Å². The zero-order chi connectivity index (χ0) is 13.4. The number of ether oxygens (including phenoxy) is 1. The van der Waals surface area contributed by atoms with Crippen molar-refractivity contribution in [3.8, 4) is 16.9 Å². The number of nitrogens with two attached hydrogens (primary N) is 1. The van der Waals surface area contributed by atoms with Gasteiger partial charge in [0.15, 0.2) is 0 Å². The molecule has 0 spiro atoms. The average molecular weight is 257 g/mol. The molecule has 2 aromatic rings. The van der Waals surface area contributed by atoms with E-state index in [9.17, 15) is 4.39 Å². The first kappa shape index (κ1) is 12.2. The topological polar surface area (TPSA) is 35.2 Å². The quantitative estimate of drug-likeness (QED) is 0.896. The van der Waals surface area contributed by atoms with Gasteiger partial charge in [0.2, 0.25) is 0 Å². The van der Waals surface area contributed by atoms with E-state index in [1.165, 1.54) is 5.56 Å². The number of hydrogen-bond donors (Lipinski definition) is 1. The molecular weight excluding hydrogens is 241 g/mol. The molecule has 2 aromatic carbocycles. The molecule has 98 valence electrons. The van der Waals surface area contributed by atoms with E-state index < -0.39 is 0 Å². The summed E-state index contributed by atoms with van der Waals surface area (Å²) in [5, 5.41) is 0. The summed E-state index contributed by atoms with van der Waals surface area (Å²) in [6.07, 6.45) is 0.893. The SMILES string of the molecule is Cc1ccc(-c2cc(CN)c3c(c2)CCO3)cc1F. The Labute approximate surface area is 112 Å². The van der Waals surface area contributed by atoms with Gasteiger partial charge in [0.05, 0.1) is 6.61 Å². The molecule has 0 aromatic heterocycles. The zero-order valence-corrected chi connectivity index (χ0v) is 10.9. The van der Waals surface area contributed by atoms with Crippen LogP contribution in [0.3, 0.4) is 0 Å². The minimum absolute atomic E-state index is 0.177. The van der Waals surface area contributed by atoms with E-state index in [1.54, 1.807) is 19.1 Å². The zero-order valence-electron chi connectivity index (χ0n) is 10.9. The Hall–Kier alpha value is -1.87. The van der Waals surface area contributed by atoms with Crippen LogP contribution in [0, 0.1) is 12.7 Å². The second-order valence-electron chi connectivity index (χ2n) is 4.89. The first-order valence-electron chi connectivity index (χ1n) is 6.44. The lowest BCUT2D eigenvalue weighted by Gasteiger charge is -2.10. The van der Waals surface area contributed by atoms with Crippen LogP contribution in [0.15, 0.2) is 30.3 Å². The molecule has 0 bridgehead atoms. The predicted octanol–water partition coefficient (Wildman–Crippen LogP) is 3.19. The van der Waals surface area contributed by atoms with Crippen molar-refractivity contribution in [2.45, 2.75) is 19.9 Å². The van der Waals surface area contributed by atoms with Crippen LogP contribution in [0.1, 0.15) is 16.7 Å². The van der Waals surface area contributed by atoms with Crippen molar-refractivity contribution < 1.29 is 9.13 Å². The summed E-state index contributed by atoms with van der Waals surface area (Å²) in [5.74, 6) is 0.738. The summed E-state index contributed by atoms with van der Waals surface area (Å²) >= 11 is 0. The normalized spacial score (nSPS) is 13.2. The maximum atomic E-state index is 13.7. The molecule has 3 heteroatoms. The third-order valence-corrected chi connectivity index (χ3v) is 3.59.